The van der Waals surface area contributed by atoms with Crippen molar-refractivity contribution in [3.63, 3.8) is 0 Å². The van der Waals surface area contributed by atoms with E-state index in [1.54, 1.807) is 25.1 Å². The summed E-state index contributed by atoms with van der Waals surface area (Å²) in [5.74, 6) is -1.20. The van der Waals surface area contributed by atoms with E-state index in [4.69, 9.17) is 4.74 Å². The number of nitrogens with one attached hydrogen (secondary N) is 1. The summed E-state index contributed by atoms with van der Waals surface area (Å²) in [5.41, 5.74) is 0.821. The zero-order valence-electron chi connectivity index (χ0n) is 14.1. The van der Waals surface area contributed by atoms with Gasteiger partial charge in [-0.25, -0.2) is 4.39 Å². The van der Waals surface area contributed by atoms with Gasteiger partial charge in [-0.1, -0.05) is 19.1 Å². The van der Waals surface area contributed by atoms with Crippen molar-refractivity contribution in [2.75, 3.05) is 23.4 Å². The van der Waals surface area contributed by atoms with Crippen molar-refractivity contribution in [1.82, 2.24) is 0 Å². The largest absolute Gasteiger partial charge is 0.482 e. The van der Waals surface area contributed by atoms with Crippen molar-refractivity contribution in [2.45, 2.75) is 13.3 Å². The lowest BCUT2D eigenvalue weighted by Gasteiger charge is -2.29. The molecule has 7 heteroatoms. The fourth-order valence-electron chi connectivity index (χ4n) is 2.65. The Morgan fingerprint density at radius 2 is 2.00 bits per heavy atom. The second-order valence-corrected chi connectivity index (χ2v) is 5.76. The highest BCUT2D eigenvalue weighted by molar-refractivity contribution is 6.06. The molecule has 0 aliphatic carbocycles. The van der Waals surface area contributed by atoms with E-state index in [0.717, 1.165) is 0 Å². The summed E-state index contributed by atoms with van der Waals surface area (Å²) >= 11 is 0. The number of ether oxygens (including phenoxy) is 1. The number of carbonyl (C=O) groups is 3. The third-order valence-electron chi connectivity index (χ3n) is 3.99. The normalized spacial score (nSPS) is 13.0. The van der Waals surface area contributed by atoms with Gasteiger partial charge in [-0.15, -0.1) is 0 Å². The van der Waals surface area contributed by atoms with Gasteiger partial charge in [-0.3, -0.25) is 19.3 Å². The number of benzene rings is 2. The molecule has 0 radical (unpaired) electrons. The first-order chi connectivity index (χ1) is 12.5. The maximum Gasteiger partial charge on any atom is 0.265 e. The zero-order chi connectivity index (χ0) is 18.7. The molecule has 134 valence electrons. The quantitative estimate of drug-likeness (QED) is 0.836. The lowest BCUT2D eigenvalue weighted by Crippen LogP contribution is -2.43. The summed E-state index contributed by atoms with van der Waals surface area (Å²) in [7, 11) is 0. The molecule has 0 atom stereocenters. The Morgan fingerprint density at radius 3 is 2.73 bits per heavy atom. The van der Waals surface area contributed by atoms with Gasteiger partial charge in [0.15, 0.2) is 12.4 Å². The number of hydrogen-bond donors (Lipinski definition) is 1. The smallest absolute Gasteiger partial charge is 0.265 e. The van der Waals surface area contributed by atoms with E-state index in [0.29, 0.717) is 23.4 Å². The molecule has 1 aliphatic heterocycles. The summed E-state index contributed by atoms with van der Waals surface area (Å²) in [6.45, 7) is 1.22. The standard InChI is InChI=1S/C19H17FN2O4/c1-2-16(23)12-7-8-17-15(9-12)22(19(25)11-26-17)10-18(24)21-14-6-4-3-5-13(14)20/h3-9H,2,10-11H2,1H3,(H,21,24). The second kappa shape index (κ2) is 7.35. The van der Waals surface area contributed by atoms with Gasteiger partial charge in [-0.2, -0.15) is 0 Å². The Kier molecular flexibility index (Phi) is 4.97. The van der Waals surface area contributed by atoms with Crippen molar-refractivity contribution in [3.05, 3.63) is 53.8 Å². The van der Waals surface area contributed by atoms with Crippen molar-refractivity contribution >= 4 is 29.0 Å². The van der Waals surface area contributed by atoms with Gasteiger partial charge < -0.3 is 10.1 Å². The number of anilines is 2. The van der Waals surface area contributed by atoms with Crippen LogP contribution in [0.15, 0.2) is 42.5 Å². The third kappa shape index (κ3) is 3.56. The van der Waals surface area contributed by atoms with E-state index >= 15 is 0 Å². The van der Waals surface area contributed by atoms with Gasteiger partial charge in [0.1, 0.15) is 18.1 Å². The molecule has 2 aromatic rings. The van der Waals surface area contributed by atoms with Crippen LogP contribution in [0.1, 0.15) is 23.7 Å². The maximum atomic E-state index is 13.7. The SMILES string of the molecule is CCC(=O)c1ccc2c(c1)N(CC(=O)Nc1ccccc1F)C(=O)CO2. The van der Waals surface area contributed by atoms with Crippen LogP contribution in [0.25, 0.3) is 0 Å². The molecule has 1 aliphatic rings. The molecule has 26 heavy (non-hydrogen) atoms. The topological polar surface area (TPSA) is 75.7 Å². The molecular formula is C19H17FN2O4. The zero-order valence-corrected chi connectivity index (χ0v) is 14.1. The van der Waals surface area contributed by atoms with Gasteiger partial charge in [0, 0.05) is 12.0 Å². The number of halogens is 1. The Balaban J connectivity index is 1.84. The predicted molar refractivity (Wildman–Crippen MR) is 93.9 cm³/mol. The number of rotatable bonds is 5. The number of para-hydroxylation sites is 1. The Morgan fingerprint density at radius 1 is 1.23 bits per heavy atom. The van der Waals surface area contributed by atoms with Crippen LogP contribution in [0.3, 0.4) is 0 Å². The Bertz CT molecular complexity index is 882. The number of nitrogens with zero attached hydrogens (tertiary/aromatic N) is 1. The number of Topliss-reactive ketones (excluding diaryl/α,β-unsaturated/α-hetero) is 1. The fourth-order valence-corrected chi connectivity index (χ4v) is 2.65. The molecule has 0 bridgehead atoms. The lowest BCUT2D eigenvalue weighted by molar-refractivity contribution is -0.123. The highest BCUT2D eigenvalue weighted by Crippen LogP contribution is 2.33. The molecule has 1 heterocycles. The van der Waals surface area contributed by atoms with E-state index in [9.17, 15) is 18.8 Å². The van der Waals surface area contributed by atoms with E-state index in [1.807, 2.05) is 0 Å². The van der Waals surface area contributed by atoms with Crippen LogP contribution in [0, 0.1) is 5.82 Å². The predicted octanol–water partition coefficient (Wildman–Crippen LogP) is 2.78. The molecule has 0 unspecified atom stereocenters. The number of amides is 2. The number of carbonyl (C=O) groups excluding carboxylic acids is 3. The number of hydrogen-bond acceptors (Lipinski definition) is 4. The Hall–Kier alpha value is -3.22. The minimum Gasteiger partial charge on any atom is -0.482 e. The second-order valence-electron chi connectivity index (χ2n) is 5.76. The summed E-state index contributed by atoms with van der Waals surface area (Å²) in [5, 5.41) is 2.44. The van der Waals surface area contributed by atoms with Gasteiger partial charge in [0.05, 0.1) is 11.4 Å². The van der Waals surface area contributed by atoms with Crippen LogP contribution in [0.2, 0.25) is 0 Å². The molecule has 6 nitrogen and oxygen atoms in total. The fraction of sp³-hybridized carbons (Fsp3) is 0.211. The van der Waals surface area contributed by atoms with Gasteiger partial charge in [-0.05, 0) is 30.3 Å². The summed E-state index contributed by atoms with van der Waals surface area (Å²) < 4.78 is 19.0. The van der Waals surface area contributed by atoms with Crippen molar-refractivity contribution in [1.29, 1.82) is 0 Å². The molecule has 1 N–H and O–H groups in total. The summed E-state index contributed by atoms with van der Waals surface area (Å²) in [6.07, 6.45) is 0.321. The van der Waals surface area contributed by atoms with Gasteiger partial charge in [0.25, 0.3) is 5.91 Å². The first-order valence-electron chi connectivity index (χ1n) is 8.14. The van der Waals surface area contributed by atoms with Crippen LogP contribution in [0.5, 0.6) is 5.75 Å². The van der Waals surface area contributed by atoms with Gasteiger partial charge >= 0.3 is 0 Å². The molecule has 3 rings (SSSR count). The van der Waals surface area contributed by atoms with E-state index < -0.39 is 17.6 Å². The van der Waals surface area contributed by atoms with Crippen LogP contribution in [-0.2, 0) is 9.59 Å². The van der Waals surface area contributed by atoms with Crippen molar-refractivity contribution in [3.8, 4) is 5.75 Å². The van der Waals surface area contributed by atoms with Crippen LogP contribution in [0.4, 0.5) is 15.8 Å². The number of fused-ring (bicyclic) bond motifs is 1. The number of ketones is 1. The third-order valence-corrected chi connectivity index (χ3v) is 3.99. The molecule has 2 amide bonds. The highest BCUT2D eigenvalue weighted by Gasteiger charge is 2.28. The van der Waals surface area contributed by atoms with Crippen LogP contribution >= 0.6 is 0 Å². The molecular weight excluding hydrogens is 339 g/mol. The van der Waals surface area contributed by atoms with Crippen LogP contribution in [-0.4, -0.2) is 30.7 Å². The first-order valence-corrected chi connectivity index (χ1v) is 8.14. The van der Waals surface area contributed by atoms with Crippen molar-refractivity contribution in [2.24, 2.45) is 0 Å². The van der Waals surface area contributed by atoms with Gasteiger partial charge in [0.2, 0.25) is 5.91 Å². The maximum absolute atomic E-state index is 13.7. The minimum atomic E-state index is -0.564. The van der Waals surface area contributed by atoms with E-state index in [1.165, 1.54) is 29.2 Å². The highest BCUT2D eigenvalue weighted by atomic mass is 19.1. The molecule has 0 aromatic heterocycles. The average molecular weight is 356 g/mol. The molecule has 0 saturated heterocycles. The molecule has 0 saturated carbocycles. The summed E-state index contributed by atoms with van der Waals surface area (Å²) in [4.78, 5) is 37.7. The summed E-state index contributed by atoms with van der Waals surface area (Å²) in [6, 6.07) is 10.5. The van der Waals surface area contributed by atoms with Crippen LogP contribution < -0.4 is 15.0 Å². The van der Waals surface area contributed by atoms with E-state index in [-0.39, 0.29) is 24.6 Å². The average Bonchev–Trinajstić information content (AvgIpc) is 2.65. The van der Waals surface area contributed by atoms with E-state index in [2.05, 4.69) is 5.32 Å². The molecule has 0 spiro atoms. The minimum absolute atomic E-state index is 0.0355. The first kappa shape index (κ1) is 17.6. The Labute approximate surface area is 149 Å². The molecule has 2 aromatic carbocycles. The monoisotopic (exact) mass is 356 g/mol. The molecule has 0 fully saturated rings. The lowest BCUT2D eigenvalue weighted by atomic mass is 10.1. The van der Waals surface area contributed by atoms with Crippen molar-refractivity contribution < 1.29 is 23.5 Å².